The van der Waals surface area contributed by atoms with Crippen LogP contribution in [0.15, 0.2) is 18.5 Å². The number of nitrogens with one attached hydrogen (secondary N) is 1. The van der Waals surface area contributed by atoms with Crippen LogP contribution in [0.5, 0.6) is 0 Å². The summed E-state index contributed by atoms with van der Waals surface area (Å²) < 4.78 is 1.54. The molecular formula is C5H7N3O2. The zero-order valence-corrected chi connectivity index (χ0v) is 5.23. The van der Waals surface area contributed by atoms with Crippen LogP contribution in [-0.2, 0) is 16.4 Å². The van der Waals surface area contributed by atoms with Crippen LogP contribution in [0.2, 0.25) is 0 Å². The number of aromatic nitrogens is 2. The van der Waals surface area contributed by atoms with Crippen LogP contribution in [0.1, 0.15) is 0 Å². The molecule has 1 aromatic heterocycles. The van der Waals surface area contributed by atoms with E-state index in [9.17, 15) is 4.79 Å². The molecule has 0 atom stereocenters. The van der Waals surface area contributed by atoms with E-state index < -0.39 is 0 Å². The van der Waals surface area contributed by atoms with Crippen molar-refractivity contribution in [3.8, 4) is 0 Å². The van der Waals surface area contributed by atoms with E-state index in [0.717, 1.165) is 0 Å². The Bertz CT molecular complexity index is 185. The van der Waals surface area contributed by atoms with Gasteiger partial charge in [-0.15, -0.1) is 0 Å². The lowest BCUT2D eigenvalue weighted by atomic mass is 10.8. The van der Waals surface area contributed by atoms with Gasteiger partial charge in [-0.1, -0.05) is 0 Å². The van der Waals surface area contributed by atoms with Gasteiger partial charge in [0.2, 0.25) is 6.41 Å². The number of amides is 1. The summed E-state index contributed by atoms with van der Waals surface area (Å²) in [5, 5.41) is 3.82. The quantitative estimate of drug-likeness (QED) is 0.350. The first-order chi connectivity index (χ1) is 4.93. The molecule has 1 heterocycles. The van der Waals surface area contributed by atoms with Crippen LogP contribution in [0, 0.1) is 0 Å². The Kier molecular flexibility index (Phi) is 2.45. The Balaban J connectivity index is 2.21. The maximum absolute atomic E-state index is 9.67. The summed E-state index contributed by atoms with van der Waals surface area (Å²) >= 11 is 0. The first kappa shape index (κ1) is 6.76. The molecule has 0 aromatic carbocycles. The minimum absolute atomic E-state index is 0.228. The molecule has 0 spiro atoms. The minimum Gasteiger partial charge on any atom is -0.277 e. The minimum atomic E-state index is 0.228. The molecule has 54 valence electrons. The van der Waals surface area contributed by atoms with E-state index in [-0.39, 0.29) is 6.73 Å². The van der Waals surface area contributed by atoms with E-state index in [4.69, 9.17) is 0 Å². The third-order valence-corrected chi connectivity index (χ3v) is 0.887. The molecule has 0 aliphatic heterocycles. The smallest absolute Gasteiger partial charge is 0.230 e. The predicted molar refractivity (Wildman–Crippen MR) is 32.5 cm³/mol. The topological polar surface area (TPSA) is 56.1 Å². The second-order valence-electron chi connectivity index (χ2n) is 1.55. The van der Waals surface area contributed by atoms with Gasteiger partial charge in [0.1, 0.15) is 0 Å². The van der Waals surface area contributed by atoms with Gasteiger partial charge in [-0.3, -0.25) is 9.63 Å². The third kappa shape index (κ3) is 1.87. The van der Waals surface area contributed by atoms with Crippen LogP contribution in [-0.4, -0.2) is 16.2 Å². The van der Waals surface area contributed by atoms with E-state index in [1.54, 1.807) is 18.5 Å². The van der Waals surface area contributed by atoms with E-state index in [1.807, 2.05) is 5.48 Å². The Hall–Kier alpha value is -1.36. The zero-order chi connectivity index (χ0) is 7.23. The molecule has 1 amide bonds. The molecular weight excluding hydrogens is 134 g/mol. The molecule has 0 saturated heterocycles. The number of hydrogen-bond acceptors (Lipinski definition) is 3. The molecule has 0 saturated carbocycles. The fraction of sp³-hybridized carbons (Fsp3) is 0.200. The van der Waals surface area contributed by atoms with Crippen LogP contribution in [0.3, 0.4) is 0 Å². The molecule has 0 radical (unpaired) electrons. The lowest BCUT2D eigenvalue weighted by Crippen LogP contribution is -2.14. The lowest BCUT2D eigenvalue weighted by molar-refractivity contribution is -0.124. The molecule has 5 heteroatoms. The van der Waals surface area contributed by atoms with Crippen LogP contribution < -0.4 is 5.48 Å². The van der Waals surface area contributed by atoms with Crippen molar-refractivity contribution in [1.82, 2.24) is 15.3 Å². The summed E-state index contributed by atoms with van der Waals surface area (Å²) in [6, 6.07) is 1.77. The average Bonchev–Trinajstić information content (AvgIpc) is 2.41. The largest absolute Gasteiger partial charge is 0.277 e. The predicted octanol–water partition coefficient (Wildman–Crippen LogP) is -0.482. The molecule has 1 aromatic rings. The van der Waals surface area contributed by atoms with E-state index in [0.29, 0.717) is 6.41 Å². The van der Waals surface area contributed by atoms with Crippen LogP contribution in [0.4, 0.5) is 0 Å². The standard InChI is InChI=1S/C5H7N3O2/c9-4-7-10-5-8-3-1-2-6-8/h1-4H,5H2,(H,7,9). The zero-order valence-electron chi connectivity index (χ0n) is 5.23. The molecule has 0 bridgehead atoms. The van der Waals surface area contributed by atoms with Gasteiger partial charge in [0.05, 0.1) is 0 Å². The van der Waals surface area contributed by atoms with Gasteiger partial charge in [0.25, 0.3) is 0 Å². The van der Waals surface area contributed by atoms with Crippen molar-refractivity contribution in [3.63, 3.8) is 0 Å². The summed E-state index contributed by atoms with van der Waals surface area (Å²) in [4.78, 5) is 14.3. The Labute approximate surface area is 57.5 Å². The molecule has 10 heavy (non-hydrogen) atoms. The van der Waals surface area contributed by atoms with Crippen LogP contribution in [0.25, 0.3) is 0 Å². The molecule has 0 aliphatic carbocycles. The van der Waals surface area contributed by atoms with Crippen molar-refractivity contribution in [2.45, 2.75) is 6.73 Å². The normalized spacial score (nSPS) is 9.20. The van der Waals surface area contributed by atoms with Crippen molar-refractivity contribution in [2.24, 2.45) is 0 Å². The maximum Gasteiger partial charge on any atom is 0.230 e. The van der Waals surface area contributed by atoms with Gasteiger partial charge in [-0.05, 0) is 6.07 Å². The van der Waals surface area contributed by atoms with Gasteiger partial charge in [-0.25, -0.2) is 10.2 Å². The van der Waals surface area contributed by atoms with Crippen molar-refractivity contribution in [2.75, 3.05) is 0 Å². The Morgan fingerprint density at radius 3 is 3.30 bits per heavy atom. The Morgan fingerprint density at radius 2 is 2.70 bits per heavy atom. The summed E-state index contributed by atoms with van der Waals surface area (Å²) in [5.74, 6) is 0. The number of hydroxylamine groups is 1. The monoisotopic (exact) mass is 141 g/mol. The highest BCUT2D eigenvalue weighted by atomic mass is 16.7. The molecule has 1 rings (SSSR count). The molecule has 0 aliphatic rings. The number of hydrogen-bond donors (Lipinski definition) is 1. The van der Waals surface area contributed by atoms with Gasteiger partial charge in [0.15, 0.2) is 6.73 Å². The summed E-state index contributed by atoms with van der Waals surface area (Å²) in [6.45, 7) is 0.228. The molecule has 1 N–H and O–H groups in total. The molecule has 5 nitrogen and oxygen atoms in total. The van der Waals surface area contributed by atoms with Crippen molar-refractivity contribution < 1.29 is 9.63 Å². The SMILES string of the molecule is O=CNOCn1cccn1. The Morgan fingerprint density at radius 1 is 1.80 bits per heavy atom. The summed E-state index contributed by atoms with van der Waals surface area (Å²) in [6.07, 6.45) is 3.82. The highest BCUT2D eigenvalue weighted by Gasteiger charge is 1.86. The second-order valence-corrected chi connectivity index (χ2v) is 1.55. The summed E-state index contributed by atoms with van der Waals surface area (Å²) in [7, 11) is 0. The van der Waals surface area contributed by atoms with Crippen molar-refractivity contribution in [1.29, 1.82) is 0 Å². The highest BCUT2D eigenvalue weighted by Crippen LogP contribution is 1.82. The fourth-order valence-corrected chi connectivity index (χ4v) is 0.514. The van der Waals surface area contributed by atoms with Gasteiger partial charge in [0, 0.05) is 12.4 Å². The van der Waals surface area contributed by atoms with E-state index >= 15 is 0 Å². The molecule has 0 fully saturated rings. The highest BCUT2D eigenvalue weighted by molar-refractivity contribution is 5.43. The first-order valence-electron chi connectivity index (χ1n) is 2.72. The number of nitrogens with zero attached hydrogens (tertiary/aromatic N) is 2. The van der Waals surface area contributed by atoms with Crippen molar-refractivity contribution in [3.05, 3.63) is 18.5 Å². The third-order valence-electron chi connectivity index (χ3n) is 0.887. The first-order valence-corrected chi connectivity index (χ1v) is 2.72. The maximum atomic E-state index is 9.67. The second kappa shape index (κ2) is 3.62. The number of carbonyl (C=O) groups is 1. The van der Waals surface area contributed by atoms with E-state index in [2.05, 4.69) is 9.94 Å². The average molecular weight is 141 g/mol. The fourth-order valence-electron chi connectivity index (χ4n) is 0.514. The van der Waals surface area contributed by atoms with Gasteiger partial charge in [-0.2, -0.15) is 5.10 Å². The van der Waals surface area contributed by atoms with Gasteiger partial charge >= 0.3 is 0 Å². The van der Waals surface area contributed by atoms with Gasteiger partial charge < -0.3 is 0 Å². The van der Waals surface area contributed by atoms with Crippen molar-refractivity contribution >= 4 is 6.41 Å². The van der Waals surface area contributed by atoms with E-state index in [1.165, 1.54) is 4.68 Å². The summed E-state index contributed by atoms with van der Waals surface area (Å²) in [5.41, 5.74) is 2.05. The lowest BCUT2D eigenvalue weighted by Gasteiger charge is -1.98. The van der Waals surface area contributed by atoms with Crippen LogP contribution >= 0.6 is 0 Å². The number of rotatable bonds is 4. The molecule has 0 unspecified atom stereocenters. The number of carbonyl (C=O) groups excluding carboxylic acids is 1.